The Morgan fingerprint density at radius 2 is 2.20 bits per heavy atom. The molecule has 1 unspecified atom stereocenters. The van der Waals surface area contributed by atoms with E-state index in [-0.39, 0.29) is 6.04 Å². The summed E-state index contributed by atoms with van der Waals surface area (Å²) in [5, 5.41) is 3.93. The number of hydrogen-bond acceptors (Lipinski definition) is 3. The van der Waals surface area contributed by atoms with Gasteiger partial charge in [-0.15, -0.1) is 0 Å². The average Bonchev–Trinajstić information content (AvgIpc) is 2.49. The molecule has 0 bridgehead atoms. The number of halogens is 1. The Morgan fingerprint density at radius 1 is 1.35 bits per heavy atom. The van der Waals surface area contributed by atoms with Crippen molar-refractivity contribution in [2.45, 2.75) is 19.4 Å². The van der Waals surface area contributed by atoms with Crippen LogP contribution in [0.5, 0.6) is 5.75 Å². The zero-order valence-corrected chi connectivity index (χ0v) is 12.5. The third-order valence-corrected chi connectivity index (χ3v) is 3.48. The summed E-state index contributed by atoms with van der Waals surface area (Å²) >= 11 is 6.06. The van der Waals surface area contributed by atoms with Crippen LogP contribution in [-0.4, -0.2) is 18.6 Å². The minimum absolute atomic E-state index is 0.196. The van der Waals surface area contributed by atoms with Crippen molar-refractivity contribution in [1.82, 2.24) is 10.3 Å². The lowest BCUT2D eigenvalue weighted by atomic mass is 10.1. The molecule has 0 saturated carbocycles. The van der Waals surface area contributed by atoms with Gasteiger partial charge in [-0.25, -0.2) is 0 Å². The highest BCUT2D eigenvalue weighted by Crippen LogP contribution is 2.28. The minimum atomic E-state index is 0.196. The molecule has 1 aromatic carbocycles. The topological polar surface area (TPSA) is 34.1 Å². The standard InChI is InChI=1S/C16H19ClN2O/c1-12(18-2)15-10-14(17)5-6-16(15)20-9-7-13-4-3-8-19-11-13/h3-6,8,10-12,18H,7,9H2,1-2H3. The zero-order chi connectivity index (χ0) is 14.4. The van der Waals surface area contributed by atoms with Crippen LogP contribution in [0.2, 0.25) is 5.02 Å². The lowest BCUT2D eigenvalue weighted by Crippen LogP contribution is -2.14. The molecule has 106 valence electrons. The van der Waals surface area contributed by atoms with Gasteiger partial charge in [-0.3, -0.25) is 4.98 Å². The third kappa shape index (κ3) is 3.95. The first-order chi connectivity index (χ1) is 9.70. The Kier molecular flexibility index (Phi) is 5.39. The maximum absolute atomic E-state index is 6.06. The number of nitrogens with zero attached hydrogens (tertiary/aromatic N) is 1. The molecule has 0 aliphatic heterocycles. The minimum Gasteiger partial charge on any atom is -0.493 e. The SMILES string of the molecule is CNC(C)c1cc(Cl)ccc1OCCc1cccnc1. The van der Waals surface area contributed by atoms with Crippen LogP contribution >= 0.6 is 11.6 Å². The average molecular weight is 291 g/mol. The van der Waals surface area contributed by atoms with Gasteiger partial charge in [-0.1, -0.05) is 17.7 Å². The summed E-state index contributed by atoms with van der Waals surface area (Å²) in [5.74, 6) is 0.875. The van der Waals surface area contributed by atoms with Gasteiger partial charge < -0.3 is 10.1 Å². The summed E-state index contributed by atoms with van der Waals surface area (Å²) in [7, 11) is 1.92. The van der Waals surface area contributed by atoms with E-state index in [2.05, 4.69) is 23.3 Å². The summed E-state index contributed by atoms with van der Waals surface area (Å²) in [6, 6.07) is 9.91. The van der Waals surface area contributed by atoms with E-state index < -0.39 is 0 Å². The first-order valence-corrected chi connectivity index (χ1v) is 7.07. The van der Waals surface area contributed by atoms with Crippen LogP contribution in [0.1, 0.15) is 24.1 Å². The molecule has 20 heavy (non-hydrogen) atoms. The molecule has 0 aliphatic rings. The first kappa shape index (κ1) is 14.8. The molecular weight excluding hydrogens is 272 g/mol. The van der Waals surface area contributed by atoms with Crippen molar-refractivity contribution < 1.29 is 4.74 Å². The van der Waals surface area contributed by atoms with Gasteiger partial charge in [0.2, 0.25) is 0 Å². The van der Waals surface area contributed by atoms with Crippen molar-refractivity contribution in [3.63, 3.8) is 0 Å². The number of nitrogens with one attached hydrogen (secondary N) is 1. The zero-order valence-electron chi connectivity index (χ0n) is 11.8. The maximum atomic E-state index is 6.06. The lowest BCUT2D eigenvalue weighted by molar-refractivity contribution is 0.315. The molecule has 0 spiro atoms. The Morgan fingerprint density at radius 3 is 2.90 bits per heavy atom. The summed E-state index contributed by atoms with van der Waals surface area (Å²) in [6.07, 6.45) is 4.47. The fourth-order valence-electron chi connectivity index (χ4n) is 1.97. The highest BCUT2D eigenvalue weighted by molar-refractivity contribution is 6.30. The predicted octanol–water partition coefficient (Wildman–Crippen LogP) is 3.64. The summed E-state index contributed by atoms with van der Waals surface area (Å²) in [4.78, 5) is 4.10. The third-order valence-electron chi connectivity index (χ3n) is 3.24. The van der Waals surface area contributed by atoms with Crippen molar-refractivity contribution in [2.24, 2.45) is 0 Å². The Hall–Kier alpha value is -1.58. The largest absolute Gasteiger partial charge is 0.493 e. The fourth-order valence-corrected chi connectivity index (χ4v) is 2.15. The van der Waals surface area contributed by atoms with Crippen LogP contribution in [-0.2, 0) is 6.42 Å². The number of aromatic nitrogens is 1. The fraction of sp³-hybridized carbons (Fsp3) is 0.312. The van der Waals surface area contributed by atoms with E-state index in [1.165, 1.54) is 5.56 Å². The van der Waals surface area contributed by atoms with E-state index in [4.69, 9.17) is 16.3 Å². The molecule has 0 aliphatic carbocycles. The van der Waals surface area contributed by atoms with E-state index >= 15 is 0 Å². The summed E-state index contributed by atoms with van der Waals surface area (Å²) in [5.41, 5.74) is 2.25. The van der Waals surface area contributed by atoms with Gasteiger partial charge in [0, 0.05) is 35.4 Å². The quantitative estimate of drug-likeness (QED) is 0.882. The van der Waals surface area contributed by atoms with Gasteiger partial charge in [-0.2, -0.15) is 0 Å². The van der Waals surface area contributed by atoms with E-state index in [9.17, 15) is 0 Å². The molecular formula is C16H19ClN2O. The van der Waals surface area contributed by atoms with Crippen LogP contribution in [0, 0.1) is 0 Å². The van der Waals surface area contributed by atoms with Crippen molar-refractivity contribution >= 4 is 11.6 Å². The molecule has 1 aromatic heterocycles. The van der Waals surface area contributed by atoms with E-state index in [0.29, 0.717) is 6.61 Å². The first-order valence-electron chi connectivity index (χ1n) is 6.69. The number of pyridine rings is 1. The van der Waals surface area contributed by atoms with Crippen LogP contribution in [0.25, 0.3) is 0 Å². The van der Waals surface area contributed by atoms with E-state index in [0.717, 1.165) is 22.8 Å². The van der Waals surface area contributed by atoms with Gasteiger partial charge in [0.1, 0.15) is 5.75 Å². The van der Waals surface area contributed by atoms with Gasteiger partial charge in [0.15, 0.2) is 0 Å². The van der Waals surface area contributed by atoms with E-state index in [1.54, 1.807) is 6.20 Å². The van der Waals surface area contributed by atoms with Gasteiger partial charge in [-0.05, 0) is 43.8 Å². The lowest BCUT2D eigenvalue weighted by Gasteiger charge is -2.17. The molecule has 2 rings (SSSR count). The second kappa shape index (κ2) is 7.27. The number of rotatable bonds is 6. The number of benzene rings is 1. The van der Waals surface area contributed by atoms with Crippen molar-refractivity contribution in [3.05, 3.63) is 58.9 Å². The smallest absolute Gasteiger partial charge is 0.124 e. The predicted molar refractivity (Wildman–Crippen MR) is 82.4 cm³/mol. The molecule has 2 aromatic rings. The van der Waals surface area contributed by atoms with Crippen molar-refractivity contribution in [1.29, 1.82) is 0 Å². The molecule has 4 heteroatoms. The Bertz CT molecular complexity index is 545. The second-order valence-corrected chi connectivity index (χ2v) is 5.09. The monoisotopic (exact) mass is 290 g/mol. The molecule has 1 atom stereocenters. The Labute approximate surface area is 124 Å². The molecule has 3 nitrogen and oxygen atoms in total. The highest BCUT2D eigenvalue weighted by atomic mass is 35.5. The Balaban J connectivity index is 2.02. The molecule has 0 radical (unpaired) electrons. The summed E-state index contributed by atoms with van der Waals surface area (Å²) in [6.45, 7) is 2.70. The van der Waals surface area contributed by atoms with E-state index in [1.807, 2.05) is 37.5 Å². The summed E-state index contributed by atoms with van der Waals surface area (Å²) < 4.78 is 5.89. The maximum Gasteiger partial charge on any atom is 0.124 e. The molecule has 0 amide bonds. The van der Waals surface area contributed by atoms with Crippen molar-refractivity contribution in [3.8, 4) is 5.75 Å². The normalized spacial score (nSPS) is 12.2. The van der Waals surface area contributed by atoms with Gasteiger partial charge in [0.05, 0.1) is 6.61 Å². The van der Waals surface area contributed by atoms with Crippen LogP contribution in [0.15, 0.2) is 42.7 Å². The number of ether oxygens (including phenoxy) is 1. The molecule has 1 N–H and O–H groups in total. The molecule has 1 heterocycles. The van der Waals surface area contributed by atoms with Crippen molar-refractivity contribution in [2.75, 3.05) is 13.7 Å². The number of hydrogen-bond donors (Lipinski definition) is 1. The molecule has 0 saturated heterocycles. The van der Waals surface area contributed by atoms with Gasteiger partial charge in [0.25, 0.3) is 0 Å². The molecule has 0 fully saturated rings. The highest BCUT2D eigenvalue weighted by Gasteiger charge is 2.10. The second-order valence-electron chi connectivity index (χ2n) is 4.65. The van der Waals surface area contributed by atoms with Crippen LogP contribution < -0.4 is 10.1 Å². The van der Waals surface area contributed by atoms with Gasteiger partial charge >= 0.3 is 0 Å². The van der Waals surface area contributed by atoms with Crippen LogP contribution in [0.3, 0.4) is 0 Å². The van der Waals surface area contributed by atoms with Crippen LogP contribution in [0.4, 0.5) is 0 Å².